The molecule has 4 heteroatoms. The summed E-state index contributed by atoms with van der Waals surface area (Å²) in [5, 5.41) is 10.1. The summed E-state index contributed by atoms with van der Waals surface area (Å²) in [5.74, 6) is 0.848. The molecule has 1 unspecified atom stereocenters. The molecule has 0 radical (unpaired) electrons. The molecule has 0 spiro atoms. The molecule has 1 N–H and O–H groups in total. The molecule has 3 nitrogen and oxygen atoms in total. The second kappa shape index (κ2) is 7.09. The van der Waals surface area contributed by atoms with Crippen molar-refractivity contribution in [3.8, 4) is 11.5 Å². The largest absolute Gasteiger partial charge is 0.494 e. The van der Waals surface area contributed by atoms with Crippen molar-refractivity contribution < 1.29 is 19.0 Å². The van der Waals surface area contributed by atoms with E-state index in [2.05, 4.69) is 0 Å². The van der Waals surface area contributed by atoms with Crippen molar-refractivity contribution in [1.82, 2.24) is 0 Å². The molecule has 0 saturated carbocycles. The smallest absolute Gasteiger partial charge is 0.129 e. The highest BCUT2D eigenvalue weighted by Crippen LogP contribution is 2.21. The van der Waals surface area contributed by atoms with Crippen LogP contribution in [0.4, 0.5) is 4.39 Å². The Bertz CT molecular complexity index is 581. The molecule has 0 fully saturated rings. The molecule has 0 saturated heterocycles. The van der Waals surface area contributed by atoms with E-state index in [0.29, 0.717) is 17.9 Å². The summed E-state index contributed by atoms with van der Waals surface area (Å²) in [6.07, 6.45) is -0.773. The standard InChI is InChI=1S/C17H19FO3/c1-3-20-14-8-5-13(6-9-14)17(19)11-21-15-7-4-12(2)16(18)10-15/h4-10,17,19H,3,11H2,1-2H3. The zero-order valence-corrected chi connectivity index (χ0v) is 12.2. The lowest BCUT2D eigenvalue weighted by atomic mass is 10.1. The zero-order valence-electron chi connectivity index (χ0n) is 12.2. The van der Waals surface area contributed by atoms with Crippen LogP contribution in [0.3, 0.4) is 0 Å². The number of halogens is 1. The van der Waals surface area contributed by atoms with Gasteiger partial charge in [0.25, 0.3) is 0 Å². The summed E-state index contributed by atoms with van der Waals surface area (Å²) in [4.78, 5) is 0. The van der Waals surface area contributed by atoms with Gasteiger partial charge in [-0.3, -0.25) is 0 Å². The van der Waals surface area contributed by atoms with Crippen LogP contribution in [0.1, 0.15) is 24.2 Å². The fraction of sp³-hybridized carbons (Fsp3) is 0.294. The molecule has 2 aromatic carbocycles. The first kappa shape index (κ1) is 15.3. The molecule has 1 atom stereocenters. The van der Waals surface area contributed by atoms with Gasteiger partial charge in [0.15, 0.2) is 0 Å². The van der Waals surface area contributed by atoms with Crippen molar-refractivity contribution in [2.24, 2.45) is 0 Å². The SMILES string of the molecule is CCOc1ccc(C(O)COc2ccc(C)c(F)c2)cc1. The first-order chi connectivity index (χ1) is 10.1. The second-order valence-corrected chi connectivity index (χ2v) is 4.74. The van der Waals surface area contributed by atoms with E-state index >= 15 is 0 Å². The van der Waals surface area contributed by atoms with E-state index in [1.165, 1.54) is 6.07 Å². The van der Waals surface area contributed by atoms with Crippen molar-refractivity contribution >= 4 is 0 Å². The predicted octanol–water partition coefficient (Wildman–Crippen LogP) is 3.65. The molecule has 0 bridgehead atoms. The Morgan fingerprint density at radius 3 is 2.33 bits per heavy atom. The van der Waals surface area contributed by atoms with Crippen LogP contribution < -0.4 is 9.47 Å². The van der Waals surface area contributed by atoms with Gasteiger partial charge in [-0.15, -0.1) is 0 Å². The van der Waals surface area contributed by atoms with Crippen molar-refractivity contribution in [2.45, 2.75) is 20.0 Å². The number of rotatable bonds is 6. The van der Waals surface area contributed by atoms with Crippen LogP contribution in [0.2, 0.25) is 0 Å². The maximum absolute atomic E-state index is 13.4. The van der Waals surface area contributed by atoms with Crippen molar-refractivity contribution in [1.29, 1.82) is 0 Å². The Balaban J connectivity index is 1.94. The van der Waals surface area contributed by atoms with Gasteiger partial charge in [-0.05, 0) is 43.2 Å². The van der Waals surface area contributed by atoms with Gasteiger partial charge in [-0.1, -0.05) is 18.2 Å². The first-order valence-corrected chi connectivity index (χ1v) is 6.90. The predicted molar refractivity (Wildman–Crippen MR) is 79.2 cm³/mol. The van der Waals surface area contributed by atoms with Crippen LogP contribution in [0.15, 0.2) is 42.5 Å². The molecule has 2 rings (SSSR count). The normalized spacial score (nSPS) is 12.0. The topological polar surface area (TPSA) is 38.7 Å². The lowest BCUT2D eigenvalue weighted by Gasteiger charge is -2.13. The zero-order chi connectivity index (χ0) is 15.2. The maximum Gasteiger partial charge on any atom is 0.129 e. The first-order valence-electron chi connectivity index (χ1n) is 6.90. The molecule has 0 amide bonds. The number of aliphatic hydroxyl groups is 1. The van der Waals surface area contributed by atoms with E-state index in [1.54, 1.807) is 43.3 Å². The summed E-state index contributed by atoms with van der Waals surface area (Å²) >= 11 is 0. The van der Waals surface area contributed by atoms with Gasteiger partial charge in [0.2, 0.25) is 0 Å². The minimum Gasteiger partial charge on any atom is -0.494 e. The Kier molecular flexibility index (Phi) is 5.17. The van der Waals surface area contributed by atoms with Gasteiger partial charge in [-0.2, -0.15) is 0 Å². The fourth-order valence-corrected chi connectivity index (χ4v) is 1.89. The number of aliphatic hydroxyl groups excluding tert-OH is 1. The van der Waals surface area contributed by atoms with Gasteiger partial charge >= 0.3 is 0 Å². The molecule has 2 aromatic rings. The highest BCUT2D eigenvalue weighted by Gasteiger charge is 2.09. The third-order valence-electron chi connectivity index (χ3n) is 3.13. The lowest BCUT2D eigenvalue weighted by molar-refractivity contribution is 0.108. The van der Waals surface area contributed by atoms with Crippen LogP contribution in [-0.4, -0.2) is 18.3 Å². The van der Waals surface area contributed by atoms with E-state index in [9.17, 15) is 9.50 Å². The Hall–Kier alpha value is -2.07. The number of benzene rings is 2. The average Bonchev–Trinajstić information content (AvgIpc) is 2.49. The van der Waals surface area contributed by atoms with E-state index < -0.39 is 6.10 Å². The Morgan fingerprint density at radius 1 is 1.05 bits per heavy atom. The van der Waals surface area contributed by atoms with E-state index in [0.717, 1.165) is 11.3 Å². The number of hydrogen-bond donors (Lipinski definition) is 1. The van der Waals surface area contributed by atoms with Gasteiger partial charge in [0, 0.05) is 6.07 Å². The van der Waals surface area contributed by atoms with Gasteiger partial charge in [-0.25, -0.2) is 4.39 Å². The molecule has 21 heavy (non-hydrogen) atoms. The van der Waals surface area contributed by atoms with Crippen LogP contribution >= 0.6 is 0 Å². The van der Waals surface area contributed by atoms with E-state index in [1.807, 2.05) is 6.92 Å². The Labute approximate surface area is 124 Å². The summed E-state index contributed by atoms with van der Waals surface area (Å²) in [5.41, 5.74) is 1.29. The quantitative estimate of drug-likeness (QED) is 0.882. The molecule has 0 aliphatic rings. The van der Waals surface area contributed by atoms with E-state index in [-0.39, 0.29) is 12.4 Å². The molecule has 112 valence electrons. The van der Waals surface area contributed by atoms with Crippen LogP contribution in [0.25, 0.3) is 0 Å². The third kappa shape index (κ3) is 4.20. The molecule has 0 aliphatic heterocycles. The molecular weight excluding hydrogens is 271 g/mol. The van der Waals surface area contributed by atoms with Crippen LogP contribution in [0.5, 0.6) is 11.5 Å². The molecule has 0 heterocycles. The molecule has 0 aliphatic carbocycles. The summed E-state index contributed by atoms with van der Waals surface area (Å²) in [6, 6.07) is 11.8. The molecule has 0 aromatic heterocycles. The van der Waals surface area contributed by atoms with Gasteiger partial charge < -0.3 is 14.6 Å². The molecular formula is C17H19FO3. The Morgan fingerprint density at radius 2 is 1.71 bits per heavy atom. The highest BCUT2D eigenvalue weighted by atomic mass is 19.1. The number of aryl methyl sites for hydroxylation is 1. The minimum atomic E-state index is -0.773. The van der Waals surface area contributed by atoms with Crippen LogP contribution in [0, 0.1) is 12.7 Å². The van der Waals surface area contributed by atoms with E-state index in [4.69, 9.17) is 9.47 Å². The van der Waals surface area contributed by atoms with Crippen molar-refractivity contribution in [2.75, 3.05) is 13.2 Å². The lowest BCUT2D eigenvalue weighted by Crippen LogP contribution is -2.09. The average molecular weight is 290 g/mol. The van der Waals surface area contributed by atoms with Gasteiger partial charge in [0.1, 0.15) is 30.0 Å². The fourth-order valence-electron chi connectivity index (χ4n) is 1.89. The van der Waals surface area contributed by atoms with Crippen molar-refractivity contribution in [3.05, 3.63) is 59.4 Å². The third-order valence-corrected chi connectivity index (χ3v) is 3.13. The highest BCUT2D eigenvalue weighted by molar-refractivity contribution is 5.30. The summed E-state index contributed by atoms with van der Waals surface area (Å²) < 4.78 is 24.1. The van der Waals surface area contributed by atoms with Crippen molar-refractivity contribution in [3.63, 3.8) is 0 Å². The summed E-state index contributed by atoms with van der Waals surface area (Å²) in [6.45, 7) is 4.27. The number of ether oxygens (including phenoxy) is 2. The monoisotopic (exact) mass is 290 g/mol. The summed E-state index contributed by atoms with van der Waals surface area (Å²) in [7, 11) is 0. The second-order valence-electron chi connectivity index (χ2n) is 4.74. The van der Waals surface area contributed by atoms with Crippen LogP contribution in [-0.2, 0) is 0 Å². The minimum absolute atomic E-state index is 0.0660. The van der Waals surface area contributed by atoms with Gasteiger partial charge in [0.05, 0.1) is 6.61 Å². The maximum atomic E-state index is 13.4. The number of hydrogen-bond acceptors (Lipinski definition) is 3.